The first-order valence-corrected chi connectivity index (χ1v) is 11.6. The van der Waals surface area contributed by atoms with Crippen molar-refractivity contribution in [1.29, 1.82) is 0 Å². The molecule has 1 fully saturated rings. The minimum Gasteiger partial charge on any atom is -0.468 e. The van der Waals surface area contributed by atoms with Crippen molar-refractivity contribution in [3.05, 3.63) is 54.2 Å². The molecule has 1 aliphatic rings. The van der Waals surface area contributed by atoms with Crippen LogP contribution < -0.4 is 10.6 Å². The second kappa shape index (κ2) is 14.9. The highest BCUT2D eigenvalue weighted by atomic mass is 127. The van der Waals surface area contributed by atoms with Crippen molar-refractivity contribution in [3.63, 3.8) is 0 Å². The largest absolute Gasteiger partial charge is 0.468 e. The molecule has 2 aromatic rings. The summed E-state index contributed by atoms with van der Waals surface area (Å²) in [5.41, 5.74) is 0.979. The maximum atomic E-state index is 12.6. The predicted octanol–water partition coefficient (Wildman–Crippen LogP) is 3.08. The average Bonchev–Trinajstić information content (AvgIpc) is 3.37. The fourth-order valence-electron chi connectivity index (χ4n) is 3.88. The molecule has 0 aromatic carbocycles. The highest BCUT2D eigenvalue weighted by molar-refractivity contribution is 14.0. The molecule has 1 amide bonds. The Balaban J connectivity index is 0.00000385. The normalized spacial score (nSPS) is 15.4. The number of likely N-dealkylation sites (N-methyl/N-ethyl adjacent to an activating group) is 1. The quantitative estimate of drug-likeness (QED) is 0.261. The van der Waals surface area contributed by atoms with Crippen LogP contribution in [0, 0.1) is 0 Å². The lowest BCUT2D eigenvalue weighted by Gasteiger charge is -2.33. The number of nitrogens with one attached hydrogen (secondary N) is 2. The number of nitrogens with zero attached hydrogens (tertiary/aromatic N) is 4. The van der Waals surface area contributed by atoms with Gasteiger partial charge in [0.1, 0.15) is 12.3 Å². The number of hydrogen-bond acceptors (Lipinski definition) is 5. The number of pyridine rings is 1. The number of aliphatic imine (C=N–C) groups is 1. The molecule has 0 aliphatic carbocycles. The molecule has 1 saturated heterocycles. The van der Waals surface area contributed by atoms with E-state index in [9.17, 15) is 4.79 Å². The topological polar surface area (TPSA) is 86.0 Å². The molecule has 0 radical (unpaired) electrons. The van der Waals surface area contributed by atoms with Crippen molar-refractivity contribution in [2.45, 2.75) is 38.6 Å². The Bertz CT molecular complexity index is 825. The monoisotopic (exact) mass is 568 g/mol. The number of furan rings is 1. The minimum atomic E-state index is -0.0169. The van der Waals surface area contributed by atoms with Crippen molar-refractivity contribution in [3.8, 4) is 0 Å². The third-order valence-corrected chi connectivity index (χ3v) is 5.74. The van der Waals surface area contributed by atoms with Crippen molar-refractivity contribution < 1.29 is 9.21 Å². The zero-order valence-electron chi connectivity index (χ0n) is 19.7. The Hall–Kier alpha value is -2.14. The number of halogens is 1. The van der Waals surface area contributed by atoms with E-state index in [2.05, 4.69) is 25.5 Å². The SMILES string of the molecule is CCNC(=NCC(=O)N(C)CCc1ccccn1)NCC(c1ccco1)N1CCCCC1.I. The zero-order valence-corrected chi connectivity index (χ0v) is 22.0. The summed E-state index contributed by atoms with van der Waals surface area (Å²) in [6, 6.07) is 9.94. The smallest absolute Gasteiger partial charge is 0.244 e. The second-order valence-electron chi connectivity index (χ2n) is 8.09. The highest BCUT2D eigenvalue weighted by Gasteiger charge is 2.24. The molecule has 3 heterocycles. The van der Waals surface area contributed by atoms with E-state index < -0.39 is 0 Å². The number of amides is 1. The maximum absolute atomic E-state index is 12.6. The van der Waals surface area contributed by atoms with E-state index in [-0.39, 0.29) is 42.5 Å². The van der Waals surface area contributed by atoms with Crippen molar-refractivity contribution in [1.82, 2.24) is 25.4 Å². The zero-order chi connectivity index (χ0) is 22.6. The molecule has 1 atom stereocenters. The Morgan fingerprint density at radius 3 is 2.70 bits per heavy atom. The first kappa shape index (κ1) is 27.1. The van der Waals surface area contributed by atoms with Gasteiger partial charge in [0.25, 0.3) is 0 Å². The van der Waals surface area contributed by atoms with Crippen LogP contribution in [0.15, 0.2) is 52.2 Å². The summed E-state index contributed by atoms with van der Waals surface area (Å²) in [5.74, 6) is 1.59. The first-order valence-electron chi connectivity index (χ1n) is 11.6. The lowest BCUT2D eigenvalue weighted by molar-refractivity contribution is -0.128. The van der Waals surface area contributed by atoms with Gasteiger partial charge in [-0.15, -0.1) is 24.0 Å². The predicted molar refractivity (Wildman–Crippen MR) is 142 cm³/mol. The number of piperidine rings is 1. The highest BCUT2D eigenvalue weighted by Crippen LogP contribution is 2.24. The van der Waals surface area contributed by atoms with Crippen LogP contribution in [0.2, 0.25) is 0 Å². The van der Waals surface area contributed by atoms with Crippen LogP contribution in [-0.4, -0.2) is 73.0 Å². The van der Waals surface area contributed by atoms with Gasteiger partial charge in [-0.25, -0.2) is 4.99 Å². The number of aromatic nitrogens is 1. The Labute approximate surface area is 214 Å². The number of rotatable bonds is 10. The van der Waals surface area contributed by atoms with Crippen LogP contribution in [0.4, 0.5) is 0 Å². The summed E-state index contributed by atoms with van der Waals surface area (Å²) in [7, 11) is 1.81. The molecule has 0 bridgehead atoms. The average molecular weight is 569 g/mol. The van der Waals surface area contributed by atoms with Gasteiger partial charge in [0.2, 0.25) is 5.91 Å². The first-order chi connectivity index (χ1) is 15.7. The van der Waals surface area contributed by atoms with Crippen molar-refractivity contribution in [2.75, 3.05) is 46.3 Å². The van der Waals surface area contributed by atoms with E-state index in [4.69, 9.17) is 4.42 Å². The van der Waals surface area contributed by atoms with Gasteiger partial charge in [0.05, 0.1) is 12.3 Å². The van der Waals surface area contributed by atoms with E-state index >= 15 is 0 Å². The summed E-state index contributed by atoms with van der Waals surface area (Å²) in [4.78, 5) is 25.6. The summed E-state index contributed by atoms with van der Waals surface area (Å²) in [6.07, 6.45) is 7.94. The molecular weight excluding hydrogens is 531 g/mol. The molecule has 9 heteroatoms. The van der Waals surface area contributed by atoms with Gasteiger partial charge in [0.15, 0.2) is 5.96 Å². The molecule has 0 saturated carbocycles. The van der Waals surface area contributed by atoms with Crippen LogP contribution in [0.1, 0.15) is 43.7 Å². The Kier molecular flexibility index (Phi) is 12.2. The van der Waals surface area contributed by atoms with E-state index in [0.29, 0.717) is 19.0 Å². The summed E-state index contributed by atoms with van der Waals surface area (Å²) in [5, 5.41) is 6.66. The number of likely N-dealkylation sites (tertiary alicyclic amines) is 1. The standard InChI is InChI=1S/C24H36N6O2.HI/c1-3-25-24(28-19-23(31)29(2)16-12-20-10-5-6-13-26-20)27-18-21(22-11-9-17-32-22)30-14-7-4-8-15-30;/h5-6,9-11,13,17,21H,3-4,7-8,12,14-16,18-19H2,1-2H3,(H2,25,27,28);1H. The molecule has 2 N–H and O–H groups in total. The van der Waals surface area contributed by atoms with Crippen molar-refractivity contribution >= 4 is 35.8 Å². The van der Waals surface area contributed by atoms with Gasteiger partial charge in [-0.3, -0.25) is 14.7 Å². The van der Waals surface area contributed by atoms with Gasteiger partial charge in [0, 0.05) is 45.0 Å². The fourth-order valence-corrected chi connectivity index (χ4v) is 3.88. The second-order valence-corrected chi connectivity index (χ2v) is 8.09. The van der Waals surface area contributed by atoms with Gasteiger partial charge in [-0.2, -0.15) is 0 Å². The molecule has 33 heavy (non-hydrogen) atoms. The van der Waals surface area contributed by atoms with Gasteiger partial charge < -0.3 is 20.0 Å². The molecule has 1 unspecified atom stereocenters. The molecular formula is C24H37IN6O2. The van der Waals surface area contributed by atoms with E-state index in [0.717, 1.165) is 37.5 Å². The van der Waals surface area contributed by atoms with Crippen molar-refractivity contribution in [2.24, 2.45) is 4.99 Å². The summed E-state index contributed by atoms with van der Waals surface area (Å²) >= 11 is 0. The molecule has 0 spiro atoms. The minimum absolute atomic E-state index is 0. The maximum Gasteiger partial charge on any atom is 0.244 e. The lowest BCUT2D eigenvalue weighted by Crippen LogP contribution is -2.44. The van der Waals surface area contributed by atoms with Gasteiger partial charge >= 0.3 is 0 Å². The van der Waals surface area contributed by atoms with Crippen LogP contribution >= 0.6 is 24.0 Å². The molecule has 3 rings (SSSR count). The van der Waals surface area contributed by atoms with Gasteiger partial charge in [-0.1, -0.05) is 12.5 Å². The third kappa shape index (κ3) is 8.96. The van der Waals surface area contributed by atoms with Gasteiger partial charge in [-0.05, 0) is 57.1 Å². The molecule has 1 aliphatic heterocycles. The molecule has 182 valence electrons. The molecule has 2 aromatic heterocycles. The van der Waals surface area contributed by atoms with Crippen LogP contribution in [-0.2, 0) is 11.2 Å². The third-order valence-electron chi connectivity index (χ3n) is 5.74. The van der Waals surface area contributed by atoms with E-state index in [1.165, 1.54) is 19.3 Å². The Morgan fingerprint density at radius 1 is 1.21 bits per heavy atom. The fraction of sp³-hybridized carbons (Fsp3) is 0.542. The summed E-state index contributed by atoms with van der Waals surface area (Å²) in [6.45, 7) is 6.27. The van der Waals surface area contributed by atoms with E-state index in [1.54, 1.807) is 17.4 Å². The molecule has 8 nitrogen and oxygen atoms in total. The van der Waals surface area contributed by atoms with Crippen LogP contribution in [0.25, 0.3) is 0 Å². The van der Waals surface area contributed by atoms with Crippen LogP contribution in [0.3, 0.4) is 0 Å². The lowest BCUT2D eigenvalue weighted by atomic mass is 10.1. The number of carbonyl (C=O) groups is 1. The number of hydrogen-bond donors (Lipinski definition) is 2. The Morgan fingerprint density at radius 2 is 2.03 bits per heavy atom. The number of guanidine groups is 1. The van der Waals surface area contributed by atoms with Crippen LogP contribution in [0.5, 0.6) is 0 Å². The number of carbonyl (C=O) groups excluding carboxylic acids is 1. The summed E-state index contributed by atoms with van der Waals surface area (Å²) < 4.78 is 5.73. The van der Waals surface area contributed by atoms with E-state index in [1.807, 2.05) is 44.3 Å².